The summed E-state index contributed by atoms with van der Waals surface area (Å²) in [5.74, 6) is 0.321. The number of carbonyl (C=O) groups excluding carboxylic acids is 1. The predicted octanol–water partition coefficient (Wildman–Crippen LogP) is 2.08. The first-order chi connectivity index (χ1) is 14.6. The summed E-state index contributed by atoms with van der Waals surface area (Å²) < 4.78 is 6.68. The van der Waals surface area contributed by atoms with Gasteiger partial charge in [0.2, 0.25) is 11.7 Å². The maximum Gasteiger partial charge on any atom is 0.316 e. The molecular formula is C21H19N5O4. The van der Waals surface area contributed by atoms with Gasteiger partial charge in [-0.15, -0.1) is 0 Å². The summed E-state index contributed by atoms with van der Waals surface area (Å²) in [7, 11) is 0. The number of nitrogens with zero attached hydrogens (tertiary/aromatic N) is 3. The molecule has 9 heteroatoms. The van der Waals surface area contributed by atoms with Crippen LogP contribution in [0.4, 0.5) is 0 Å². The fourth-order valence-corrected chi connectivity index (χ4v) is 3.16. The lowest BCUT2D eigenvalue weighted by Gasteiger charge is -2.08. The van der Waals surface area contributed by atoms with E-state index < -0.39 is 11.1 Å². The zero-order valence-corrected chi connectivity index (χ0v) is 16.2. The molecule has 0 bridgehead atoms. The van der Waals surface area contributed by atoms with Gasteiger partial charge in [-0.25, -0.2) is 0 Å². The van der Waals surface area contributed by atoms with Gasteiger partial charge in [0.05, 0.1) is 17.6 Å². The molecule has 0 aliphatic heterocycles. The van der Waals surface area contributed by atoms with Crippen molar-refractivity contribution in [3.8, 4) is 11.4 Å². The highest BCUT2D eigenvalue weighted by molar-refractivity contribution is 5.94. The second kappa shape index (κ2) is 8.16. The van der Waals surface area contributed by atoms with Crippen LogP contribution < -0.4 is 16.4 Å². The Morgan fingerprint density at radius 3 is 2.73 bits per heavy atom. The number of aryl methyl sites for hydroxylation is 1. The SMILES string of the molecule is CCCn1c(=O)c(=O)[nH]c2cc(-c3noc(CNC(=O)c4ccccc4)n3)ccc21. The number of H-pyrrole nitrogens is 1. The molecule has 2 aromatic heterocycles. The van der Waals surface area contributed by atoms with Crippen LogP contribution >= 0.6 is 0 Å². The highest BCUT2D eigenvalue weighted by atomic mass is 16.5. The maximum atomic E-state index is 12.1. The van der Waals surface area contributed by atoms with Crippen LogP contribution in [0.2, 0.25) is 0 Å². The van der Waals surface area contributed by atoms with E-state index in [9.17, 15) is 14.4 Å². The Balaban J connectivity index is 1.57. The van der Waals surface area contributed by atoms with Crippen molar-refractivity contribution < 1.29 is 9.32 Å². The number of fused-ring (bicyclic) bond motifs is 1. The Hall–Kier alpha value is -4.01. The molecule has 9 nitrogen and oxygen atoms in total. The monoisotopic (exact) mass is 405 g/mol. The van der Waals surface area contributed by atoms with E-state index in [1.165, 1.54) is 4.57 Å². The van der Waals surface area contributed by atoms with Crippen molar-refractivity contribution >= 4 is 16.9 Å². The van der Waals surface area contributed by atoms with Crippen LogP contribution in [-0.2, 0) is 13.1 Å². The minimum Gasteiger partial charge on any atom is -0.343 e. The maximum absolute atomic E-state index is 12.1. The van der Waals surface area contributed by atoms with E-state index in [2.05, 4.69) is 20.4 Å². The summed E-state index contributed by atoms with van der Waals surface area (Å²) in [5.41, 5.74) is 1.04. The van der Waals surface area contributed by atoms with Gasteiger partial charge in [0.25, 0.3) is 5.91 Å². The molecule has 0 saturated carbocycles. The third-order valence-electron chi connectivity index (χ3n) is 4.58. The van der Waals surface area contributed by atoms with E-state index in [-0.39, 0.29) is 18.3 Å². The molecule has 1 amide bonds. The third-order valence-corrected chi connectivity index (χ3v) is 4.58. The van der Waals surface area contributed by atoms with E-state index in [0.29, 0.717) is 34.5 Å². The first-order valence-electron chi connectivity index (χ1n) is 9.50. The summed E-state index contributed by atoms with van der Waals surface area (Å²) in [6.45, 7) is 2.47. The van der Waals surface area contributed by atoms with Crippen molar-refractivity contribution in [2.24, 2.45) is 0 Å². The van der Waals surface area contributed by atoms with Gasteiger partial charge < -0.3 is 19.4 Å². The highest BCUT2D eigenvalue weighted by Crippen LogP contribution is 2.20. The largest absolute Gasteiger partial charge is 0.343 e. The second-order valence-electron chi connectivity index (χ2n) is 6.70. The molecule has 152 valence electrons. The topological polar surface area (TPSA) is 123 Å². The molecule has 0 radical (unpaired) electrons. The molecule has 0 aliphatic carbocycles. The van der Waals surface area contributed by atoms with Crippen LogP contribution in [0.3, 0.4) is 0 Å². The number of nitrogens with one attached hydrogen (secondary N) is 2. The molecule has 0 unspecified atom stereocenters. The predicted molar refractivity (Wildman–Crippen MR) is 110 cm³/mol. The van der Waals surface area contributed by atoms with E-state index in [0.717, 1.165) is 6.42 Å². The van der Waals surface area contributed by atoms with Gasteiger partial charge >= 0.3 is 11.1 Å². The first kappa shape index (κ1) is 19.3. The Bertz CT molecular complexity index is 1320. The molecule has 2 N–H and O–H groups in total. The minimum absolute atomic E-state index is 0.0845. The quantitative estimate of drug-likeness (QED) is 0.474. The number of aromatic nitrogens is 4. The fraction of sp³-hybridized carbons (Fsp3) is 0.190. The van der Waals surface area contributed by atoms with Crippen molar-refractivity contribution in [2.45, 2.75) is 26.4 Å². The summed E-state index contributed by atoms with van der Waals surface area (Å²) in [4.78, 5) is 43.1. The van der Waals surface area contributed by atoms with Crippen molar-refractivity contribution in [3.63, 3.8) is 0 Å². The van der Waals surface area contributed by atoms with Crippen LogP contribution in [0.15, 0.2) is 62.6 Å². The number of hydrogen-bond donors (Lipinski definition) is 2. The number of rotatable bonds is 6. The molecule has 2 aromatic carbocycles. The van der Waals surface area contributed by atoms with Gasteiger partial charge in [-0.1, -0.05) is 30.3 Å². The Morgan fingerprint density at radius 1 is 1.17 bits per heavy atom. The molecule has 0 atom stereocenters. The molecule has 0 fully saturated rings. The van der Waals surface area contributed by atoms with Crippen LogP contribution in [0.1, 0.15) is 29.6 Å². The van der Waals surface area contributed by atoms with E-state index in [1.54, 1.807) is 42.5 Å². The lowest BCUT2D eigenvalue weighted by atomic mass is 10.1. The Morgan fingerprint density at radius 2 is 1.97 bits per heavy atom. The molecular weight excluding hydrogens is 386 g/mol. The normalized spacial score (nSPS) is 11.0. The molecule has 0 spiro atoms. The van der Waals surface area contributed by atoms with Crippen LogP contribution in [0.5, 0.6) is 0 Å². The van der Waals surface area contributed by atoms with Crippen LogP contribution in [-0.4, -0.2) is 25.6 Å². The number of aromatic amines is 1. The van der Waals surface area contributed by atoms with Gasteiger partial charge in [-0.05, 0) is 36.8 Å². The standard InChI is InChI=1S/C21H19N5O4/c1-2-10-26-16-9-8-14(11-15(16)23-20(28)21(26)29)18-24-17(30-25-18)12-22-19(27)13-6-4-3-5-7-13/h3-9,11H,2,10,12H2,1H3,(H,22,27)(H,23,28). The summed E-state index contributed by atoms with van der Waals surface area (Å²) in [6, 6.07) is 14.0. The minimum atomic E-state index is -0.675. The van der Waals surface area contributed by atoms with Gasteiger partial charge in [0.1, 0.15) is 0 Å². The van der Waals surface area contributed by atoms with E-state index in [1.807, 2.05) is 13.0 Å². The van der Waals surface area contributed by atoms with Crippen LogP contribution in [0.25, 0.3) is 22.4 Å². The molecule has 0 saturated heterocycles. The van der Waals surface area contributed by atoms with Crippen molar-refractivity contribution in [1.82, 2.24) is 25.0 Å². The van der Waals surface area contributed by atoms with Crippen LogP contribution in [0, 0.1) is 0 Å². The fourth-order valence-electron chi connectivity index (χ4n) is 3.16. The number of amides is 1. The summed E-state index contributed by atoms with van der Waals surface area (Å²) in [6.07, 6.45) is 0.725. The molecule has 0 aliphatic rings. The molecule has 30 heavy (non-hydrogen) atoms. The average Bonchev–Trinajstić information content (AvgIpc) is 3.24. The van der Waals surface area contributed by atoms with Crippen molar-refractivity contribution in [3.05, 3.63) is 80.7 Å². The third kappa shape index (κ3) is 3.77. The van der Waals surface area contributed by atoms with Gasteiger partial charge in [0, 0.05) is 17.7 Å². The van der Waals surface area contributed by atoms with E-state index in [4.69, 9.17) is 4.52 Å². The van der Waals surface area contributed by atoms with Crippen molar-refractivity contribution in [2.75, 3.05) is 0 Å². The summed E-state index contributed by atoms with van der Waals surface area (Å²) in [5, 5.41) is 6.67. The van der Waals surface area contributed by atoms with Crippen molar-refractivity contribution in [1.29, 1.82) is 0 Å². The molecule has 2 heterocycles. The Kier molecular flexibility index (Phi) is 5.25. The van der Waals surface area contributed by atoms with Gasteiger partial charge in [-0.3, -0.25) is 14.4 Å². The van der Waals surface area contributed by atoms with Gasteiger partial charge in [-0.2, -0.15) is 4.98 Å². The zero-order valence-electron chi connectivity index (χ0n) is 16.2. The Labute approximate surface area is 170 Å². The van der Waals surface area contributed by atoms with E-state index >= 15 is 0 Å². The average molecular weight is 405 g/mol. The number of carbonyl (C=O) groups is 1. The lowest BCUT2D eigenvalue weighted by Crippen LogP contribution is -2.36. The first-order valence-corrected chi connectivity index (χ1v) is 9.50. The number of hydrogen-bond acceptors (Lipinski definition) is 6. The molecule has 4 aromatic rings. The highest BCUT2D eigenvalue weighted by Gasteiger charge is 2.13. The number of benzene rings is 2. The zero-order chi connectivity index (χ0) is 21.1. The second-order valence-corrected chi connectivity index (χ2v) is 6.70. The smallest absolute Gasteiger partial charge is 0.316 e. The summed E-state index contributed by atoms with van der Waals surface area (Å²) >= 11 is 0. The van der Waals surface area contributed by atoms with Gasteiger partial charge in [0.15, 0.2) is 0 Å². The lowest BCUT2D eigenvalue weighted by molar-refractivity contribution is 0.0946. The molecule has 4 rings (SSSR count).